The summed E-state index contributed by atoms with van der Waals surface area (Å²) in [5.74, 6) is -2.53. The highest BCUT2D eigenvalue weighted by atomic mass is 16.5. The summed E-state index contributed by atoms with van der Waals surface area (Å²) in [7, 11) is 0. The fourth-order valence-corrected chi connectivity index (χ4v) is 3.56. The van der Waals surface area contributed by atoms with E-state index in [1.54, 1.807) is 31.2 Å². The van der Waals surface area contributed by atoms with E-state index >= 15 is 0 Å². The maximum atomic E-state index is 13.3. The first-order valence-electron chi connectivity index (χ1n) is 8.65. The maximum absolute atomic E-state index is 13.3. The second-order valence-corrected chi connectivity index (χ2v) is 6.13. The lowest BCUT2D eigenvalue weighted by Gasteiger charge is -2.35. The first-order valence-corrected chi connectivity index (χ1v) is 8.65. The Balaban J connectivity index is 2.33. The molecule has 8 nitrogen and oxygen atoms in total. The molecule has 1 aromatic rings. The quantitative estimate of drug-likeness (QED) is 0.585. The Kier molecular flexibility index (Phi) is 4.96. The van der Waals surface area contributed by atoms with E-state index in [0.29, 0.717) is 11.3 Å². The van der Waals surface area contributed by atoms with Gasteiger partial charge in [0.2, 0.25) is 11.8 Å². The molecule has 3 N–H and O–H groups in total. The number of anilines is 1. The van der Waals surface area contributed by atoms with Crippen LogP contribution in [0.5, 0.6) is 0 Å². The molecule has 28 heavy (non-hydrogen) atoms. The number of amides is 1. The molecule has 0 aromatic heterocycles. The first-order chi connectivity index (χ1) is 13.4. The first kappa shape index (κ1) is 19.2. The molecule has 0 aliphatic carbocycles. The SMILES string of the molecule is C=CCOC(=O)C1=C(C)OC(N)=C(C(=O)OCC)[C@]12C(=O)Nc1ccccc12. The second-order valence-electron chi connectivity index (χ2n) is 6.13. The van der Waals surface area contributed by atoms with E-state index in [0.717, 1.165) is 0 Å². The highest BCUT2D eigenvalue weighted by Gasteiger charge is 2.61. The summed E-state index contributed by atoms with van der Waals surface area (Å²) >= 11 is 0. The zero-order valence-corrected chi connectivity index (χ0v) is 15.5. The van der Waals surface area contributed by atoms with Gasteiger partial charge in [0.15, 0.2) is 0 Å². The molecule has 2 aliphatic rings. The van der Waals surface area contributed by atoms with Crippen molar-refractivity contribution in [2.45, 2.75) is 19.3 Å². The molecule has 8 heteroatoms. The third kappa shape index (κ3) is 2.65. The van der Waals surface area contributed by atoms with Crippen molar-refractivity contribution in [3.63, 3.8) is 0 Å². The van der Waals surface area contributed by atoms with Gasteiger partial charge in [-0.15, -0.1) is 0 Å². The summed E-state index contributed by atoms with van der Waals surface area (Å²) in [6.07, 6.45) is 1.39. The molecular formula is C20H20N2O6. The number of allylic oxidation sites excluding steroid dienone is 1. The third-order valence-corrected chi connectivity index (χ3v) is 4.55. The van der Waals surface area contributed by atoms with Crippen molar-refractivity contribution in [1.82, 2.24) is 0 Å². The summed E-state index contributed by atoms with van der Waals surface area (Å²) in [5, 5.41) is 2.71. The lowest BCUT2D eigenvalue weighted by atomic mass is 9.67. The predicted molar refractivity (Wildman–Crippen MR) is 99.5 cm³/mol. The molecule has 2 heterocycles. The number of carbonyl (C=O) groups excluding carboxylic acids is 3. The Morgan fingerprint density at radius 1 is 1.25 bits per heavy atom. The van der Waals surface area contributed by atoms with Gasteiger partial charge in [0.05, 0.1) is 6.61 Å². The molecule has 0 fully saturated rings. The van der Waals surface area contributed by atoms with Crippen molar-refractivity contribution < 1.29 is 28.6 Å². The smallest absolute Gasteiger partial charge is 0.341 e. The molecule has 2 aliphatic heterocycles. The van der Waals surface area contributed by atoms with Crippen LogP contribution in [0, 0.1) is 0 Å². The van der Waals surface area contributed by atoms with E-state index in [4.69, 9.17) is 19.9 Å². The van der Waals surface area contributed by atoms with Crippen LogP contribution in [0.25, 0.3) is 0 Å². The van der Waals surface area contributed by atoms with Crippen LogP contribution in [0.15, 0.2) is 59.7 Å². The Morgan fingerprint density at radius 3 is 2.61 bits per heavy atom. The van der Waals surface area contributed by atoms with E-state index in [-0.39, 0.29) is 36.0 Å². The maximum Gasteiger partial charge on any atom is 0.341 e. The van der Waals surface area contributed by atoms with Crippen molar-refractivity contribution in [2.75, 3.05) is 18.5 Å². The Hall–Kier alpha value is -3.55. The Labute approximate surface area is 161 Å². The zero-order valence-electron chi connectivity index (χ0n) is 15.5. The van der Waals surface area contributed by atoms with Gasteiger partial charge in [0, 0.05) is 11.3 Å². The lowest BCUT2D eigenvalue weighted by molar-refractivity contribution is -0.142. The average molecular weight is 384 g/mol. The van der Waals surface area contributed by atoms with E-state index in [1.807, 2.05) is 0 Å². The fourth-order valence-electron chi connectivity index (χ4n) is 3.56. The van der Waals surface area contributed by atoms with Crippen LogP contribution in [0.4, 0.5) is 5.69 Å². The molecule has 3 rings (SSSR count). The number of ether oxygens (including phenoxy) is 3. The number of rotatable bonds is 5. The molecule has 1 spiro atoms. The summed E-state index contributed by atoms with van der Waals surface area (Å²) in [4.78, 5) is 39.0. The number of nitrogens with two attached hydrogens (primary N) is 1. The average Bonchev–Trinajstić information content (AvgIpc) is 2.92. The van der Waals surface area contributed by atoms with Crippen LogP contribution in [-0.2, 0) is 34.0 Å². The number of para-hydroxylation sites is 1. The Morgan fingerprint density at radius 2 is 1.93 bits per heavy atom. The minimum absolute atomic E-state index is 0.0495. The number of carbonyl (C=O) groups is 3. The predicted octanol–water partition coefficient (Wildman–Crippen LogP) is 1.64. The number of hydrogen-bond acceptors (Lipinski definition) is 7. The standard InChI is InChI=1S/C20H20N2O6/c1-4-10-27-17(23)14-11(3)28-16(21)15(18(24)26-5-2)20(14)12-8-6-7-9-13(12)22-19(20)25/h4,6-9H,1,5,10,21H2,2-3H3,(H,22,25)/t20-/m1/s1. The molecule has 0 unspecified atom stereocenters. The van der Waals surface area contributed by atoms with Gasteiger partial charge in [-0.25, -0.2) is 9.59 Å². The number of fused-ring (bicyclic) bond motifs is 2. The van der Waals surface area contributed by atoms with Crippen LogP contribution in [0.1, 0.15) is 19.4 Å². The molecule has 0 saturated heterocycles. The van der Waals surface area contributed by atoms with Crippen LogP contribution < -0.4 is 11.1 Å². The minimum Gasteiger partial charge on any atom is -0.462 e. The summed E-state index contributed by atoms with van der Waals surface area (Å²) < 4.78 is 15.8. The van der Waals surface area contributed by atoms with Gasteiger partial charge in [-0.1, -0.05) is 30.9 Å². The van der Waals surface area contributed by atoms with Crippen molar-refractivity contribution in [2.24, 2.45) is 5.73 Å². The number of benzene rings is 1. The zero-order chi connectivity index (χ0) is 20.5. The monoisotopic (exact) mass is 384 g/mol. The normalized spacial score (nSPS) is 20.4. The molecule has 0 radical (unpaired) electrons. The third-order valence-electron chi connectivity index (χ3n) is 4.55. The van der Waals surface area contributed by atoms with Crippen molar-refractivity contribution >= 4 is 23.5 Å². The van der Waals surface area contributed by atoms with Gasteiger partial charge in [0.25, 0.3) is 0 Å². The number of esters is 2. The van der Waals surface area contributed by atoms with E-state index < -0.39 is 23.3 Å². The van der Waals surface area contributed by atoms with Crippen molar-refractivity contribution in [3.8, 4) is 0 Å². The second kappa shape index (κ2) is 7.22. The van der Waals surface area contributed by atoms with Crippen LogP contribution >= 0.6 is 0 Å². The molecule has 0 saturated carbocycles. The van der Waals surface area contributed by atoms with Gasteiger partial charge < -0.3 is 25.3 Å². The van der Waals surface area contributed by atoms with Crippen LogP contribution in [-0.4, -0.2) is 31.1 Å². The molecule has 0 bridgehead atoms. The van der Waals surface area contributed by atoms with E-state index in [1.165, 1.54) is 13.0 Å². The number of hydrogen-bond donors (Lipinski definition) is 2. The molecular weight excluding hydrogens is 364 g/mol. The van der Waals surface area contributed by atoms with Gasteiger partial charge in [-0.05, 0) is 19.9 Å². The van der Waals surface area contributed by atoms with E-state index in [2.05, 4.69) is 11.9 Å². The molecule has 146 valence electrons. The van der Waals surface area contributed by atoms with Crippen LogP contribution in [0.2, 0.25) is 0 Å². The van der Waals surface area contributed by atoms with Crippen LogP contribution in [0.3, 0.4) is 0 Å². The molecule has 1 aromatic carbocycles. The largest absolute Gasteiger partial charge is 0.462 e. The minimum atomic E-state index is -1.84. The van der Waals surface area contributed by atoms with Crippen molar-refractivity contribution in [3.05, 3.63) is 65.3 Å². The van der Waals surface area contributed by atoms with Gasteiger partial charge in [-0.3, -0.25) is 4.79 Å². The fraction of sp³-hybridized carbons (Fsp3) is 0.250. The number of nitrogens with one attached hydrogen (secondary N) is 1. The van der Waals surface area contributed by atoms with E-state index in [9.17, 15) is 14.4 Å². The summed E-state index contributed by atoms with van der Waals surface area (Å²) in [5.41, 5.74) is 4.62. The topological polar surface area (TPSA) is 117 Å². The highest BCUT2D eigenvalue weighted by Crippen LogP contribution is 2.52. The van der Waals surface area contributed by atoms with Gasteiger partial charge >= 0.3 is 11.9 Å². The summed E-state index contributed by atoms with van der Waals surface area (Å²) in [6.45, 7) is 6.58. The van der Waals surface area contributed by atoms with Crippen molar-refractivity contribution in [1.29, 1.82) is 0 Å². The summed E-state index contributed by atoms with van der Waals surface area (Å²) in [6, 6.07) is 6.72. The molecule has 1 amide bonds. The molecule has 1 atom stereocenters. The lowest BCUT2D eigenvalue weighted by Crippen LogP contribution is -2.48. The van der Waals surface area contributed by atoms with Gasteiger partial charge in [0.1, 0.15) is 28.9 Å². The highest BCUT2D eigenvalue weighted by molar-refractivity contribution is 6.21. The van der Waals surface area contributed by atoms with Gasteiger partial charge in [-0.2, -0.15) is 0 Å². The Bertz CT molecular complexity index is 946.